The van der Waals surface area contributed by atoms with Crippen molar-refractivity contribution in [2.24, 2.45) is 0 Å². The molecule has 25 heavy (non-hydrogen) atoms. The average molecular weight is 345 g/mol. The van der Waals surface area contributed by atoms with Gasteiger partial charge in [-0.25, -0.2) is 4.39 Å². The van der Waals surface area contributed by atoms with E-state index in [0.29, 0.717) is 37.6 Å². The molecular weight excluding hydrogens is 325 g/mol. The third-order valence-corrected chi connectivity index (χ3v) is 4.87. The Kier molecular flexibility index (Phi) is 4.15. The number of carbonyl (C=O) groups excluding carboxylic acids is 1. The average Bonchev–Trinajstić information content (AvgIpc) is 3.29. The highest BCUT2D eigenvalue weighted by Crippen LogP contribution is 2.33. The first kappa shape index (κ1) is 16.1. The smallest absolute Gasteiger partial charge is 0.264 e. The zero-order chi connectivity index (χ0) is 17.4. The van der Waals surface area contributed by atoms with Crippen LogP contribution in [0.2, 0.25) is 0 Å². The summed E-state index contributed by atoms with van der Waals surface area (Å²) in [5.41, 5.74) is 0.748. The molecule has 0 radical (unpaired) electrons. The largest absolute Gasteiger partial charge is 0.477 e. The molecule has 0 spiro atoms. The van der Waals surface area contributed by atoms with Gasteiger partial charge < -0.3 is 14.2 Å². The van der Waals surface area contributed by atoms with E-state index >= 15 is 0 Å². The summed E-state index contributed by atoms with van der Waals surface area (Å²) in [4.78, 5) is 19.0. The van der Waals surface area contributed by atoms with E-state index in [1.165, 1.54) is 6.07 Å². The van der Waals surface area contributed by atoms with E-state index in [1.54, 1.807) is 17.0 Å². The van der Waals surface area contributed by atoms with Crippen LogP contribution in [0.5, 0.6) is 5.75 Å². The zero-order valence-electron chi connectivity index (χ0n) is 14.1. The van der Waals surface area contributed by atoms with Crippen LogP contribution >= 0.6 is 0 Å². The summed E-state index contributed by atoms with van der Waals surface area (Å²) in [6, 6.07) is 4.79. The molecule has 0 bridgehead atoms. The van der Waals surface area contributed by atoms with Gasteiger partial charge in [0.05, 0.1) is 0 Å². The van der Waals surface area contributed by atoms with Crippen LogP contribution in [0.4, 0.5) is 4.39 Å². The van der Waals surface area contributed by atoms with Crippen LogP contribution in [0.25, 0.3) is 0 Å². The number of nitrogens with zero attached hydrogens (tertiary/aromatic N) is 3. The van der Waals surface area contributed by atoms with Crippen molar-refractivity contribution in [2.75, 3.05) is 13.1 Å². The maximum absolute atomic E-state index is 13.8. The molecule has 132 valence electrons. The van der Waals surface area contributed by atoms with Crippen LogP contribution in [-0.4, -0.2) is 40.1 Å². The second kappa shape index (κ2) is 6.46. The Balaban J connectivity index is 1.45. The Hall–Kier alpha value is -2.44. The minimum absolute atomic E-state index is 0.0715. The summed E-state index contributed by atoms with van der Waals surface area (Å²) < 4.78 is 24.6. The molecule has 0 saturated carbocycles. The van der Waals surface area contributed by atoms with Gasteiger partial charge in [-0.2, -0.15) is 4.98 Å². The number of likely N-dealkylation sites (tertiary alicyclic amines) is 1. The molecule has 4 rings (SSSR count). The predicted octanol–water partition coefficient (Wildman–Crippen LogP) is 2.48. The van der Waals surface area contributed by atoms with Gasteiger partial charge in [-0.15, -0.1) is 0 Å². The Morgan fingerprint density at radius 1 is 1.44 bits per heavy atom. The fourth-order valence-electron chi connectivity index (χ4n) is 3.54. The number of amides is 1. The summed E-state index contributed by atoms with van der Waals surface area (Å²) in [7, 11) is 0. The second-order valence-electron chi connectivity index (χ2n) is 6.56. The molecule has 2 aromatic rings. The van der Waals surface area contributed by atoms with E-state index in [9.17, 15) is 9.18 Å². The van der Waals surface area contributed by atoms with E-state index in [0.717, 1.165) is 18.4 Å². The molecule has 0 unspecified atom stereocenters. The van der Waals surface area contributed by atoms with Crippen molar-refractivity contribution >= 4 is 5.91 Å². The van der Waals surface area contributed by atoms with Crippen LogP contribution in [-0.2, 0) is 17.6 Å². The first-order valence-corrected chi connectivity index (χ1v) is 8.71. The van der Waals surface area contributed by atoms with Crippen LogP contribution in [0.15, 0.2) is 22.7 Å². The van der Waals surface area contributed by atoms with Crippen molar-refractivity contribution in [2.45, 2.75) is 44.6 Å². The third kappa shape index (κ3) is 2.99. The van der Waals surface area contributed by atoms with Crippen molar-refractivity contribution in [1.29, 1.82) is 0 Å². The number of ether oxygens (including phenoxy) is 1. The van der Waals surface area contributed by atoms with Gasteiger partial charge in [-0.1, -0.05) is 24.2 Å². The molecule has 6 nitrogen and oxygen atoms in total. The standard InChI is InChI=1S/C18H20FN3O3/c1-2-15-20-17(21-25-15)12-6-4-8-22(10-12)18(23)14-9-11-5-3-7-13(19)16(11)24-14/h3,5,7,12,14H,2,4,6,8-10H2,1H3/t12-,14-/m0/s1. The molecule has 2 aliphatic heterocycles. The zero-order valence-corrected chi connectivity index (χ0v) is 14.1. The number of para-hydroxylation sites is 1. The fourth-order valence-corrected chi connectivity index (χ4v) is 3.54. The summed E-state index contributed by atoms with van der Waals surface area (Å²) in [5.74, 6) is 1.05. The minimum Gasteiger partial charge on any atom is -0.477 e. The van der Waals surface area contributed by atoms with Crippen LogP contribution < -0.4 is 4.74 Å². The summed E-state index contributed by atoms with van der Waals surface area (Å²) in [6.45, 7) is 3.18. The molecule has 3 heterocycles. The molecule has 2 atom stereocenters. The van der Waals surface area contributed by atoms with Crippen LogP contribution in [0.3, 0.4) is 0 Å². The number of piperidine rings is 1. The lowest BCUT2D eigenvalue weighted by Gasteiger charge is -2.32. The number of halogens is 1. The lowest BCUT2D eigenvalue weighted by atomic mass is 9.96. The predicted molar refractivity (Wildman–Crippen MR) is 86.8 cm³/mol. The molecule has 1 saturated heterocycles. The second-order valence-corrected chi connectivity index (χ2v) is 6.56. The molecule has 7 heteroatoms. The molecule has 2 aliphatic rings. The number of rotatable bonds is 3. The lowest BCUT2D eigenvalue weighted by Crippen LogP contribution is -2.46. The van der Waals surface area contributed by atoms with Gasteiger partial charge >= 0.3 is 0 Å². The van der Waals surface area contributed by atoms with Gasteiger partial charge in [0.15, 0.2) is 23.5 Å². The SMILES string of the molecule is CCc1nc([C@H]2CCCN(C(=O)[C@@H]3Cc4cccc(F)c4O3)C2)no1. The highest BCUT2D eigenvalue weighted by molar-refractivity contribution is 5.82. The van der Waals surface area contributed by atoms with Gasteiger partial charge in [0.2, 0.25) is 5.89 Å². The number of carbonyl (C=O) groups is 1. The quantitative estimate of drug-likeness (QED) is 0.855. The lowest BCUT2D eigenvalue weighted by molar-refractivity contribution is -0.139. The van der Waals surface area contributed by atoms with E-state index < -0.39 is 11.9 Å². The van der Waals surface area contributed by atoms with E-state index in [4.69, 9.17) is 9.26 Å². The van der Waals surface area contributed by atoms with Gasteiger partial charge in [0, 0.05) is 37.4 Å². The number of aromatic nitrogens is 2. The van der Waals surface area contributed by atoms with Crippen molar-refractivity contribution in [3.8, 4) is 5.75 Å². The van der Waals surface area contributed by atoms with Crippen molar-refractivity contribution in [3.63, 3.8) is 0 Å². The van der Waals surface area contributed by atoms with E-state index in [1.807, 2.05) is 6.92 Å². The summed E-state index contributed by atoms with van der Waals surface area (Å²) in [6.07, 6.45) is 2.26. The molecule has 0 N–H and O–H groups in total. The molecule has 1 amide bonds. The first-order chi connectivity index (χ1) is 12.2. The minimum atomic E-state index is -0.651. The highest BCUT2D eigenvalue weighted by Gasteiger charge is 2.36. The monoisotopic (exact) mass is 345 g/mol. The highest BCUT2D eigenvalue weighted by atomic mass is 19.1. The Labute approximate surface area is 145 Å². The first-order valence-electron chi connectivity index (χ1n) is 8.71. The molecule has 1 aromatic carbocycles. The van der Waals surface area contributed by atoms with E-state index in [2.05, 4.69) is 10.1 Å². The number of aryl methyl sites for hydroxylation is 1. The van der Waals surface area contributed by atoms with Crippen molar-refractivity contribution < 1.29 is 18.4 Å². The van der Waals surface area contributed by atoms with Gasteiger partial charge in [-0.3, -0.25) is 4.79 Å². The molecular formula is C18H20FN3O3. The number of hydrogen-bond acceptors (Lipinski definition) is 5. The molecule has 1 fully saturated rings. The number of hydrogen-bond donors (Lipinski definition) is 0. The van der Waals surface area contributed by atoms with E-state index in [-0.39, 0.29) is 17.6 Å². The normalized spacial score (nSPS) is 22.6. The maximum atomic E-state index is 13.8. The van der Waals surface area contributed by atoms with Gasteiger partial charge in [0.1, 0.15) is 0 Å². The van der Waals surface area contributed by atoms with Gasteiger partial charge in [0.25, 0.3) is 5.91 Å². The molecule has 0 aliphatic carbocycles. The van der Waals surface area contributed by atoms with Crippen LogP contribution in [0.1, 0.15) is 43.0 Å². The Bertz CT molecular complexity index is 792. The summed E-state index contributed by atoms with van der Waals surface area (Å²) in [5, 5.41) is 4.04. The number of fused-ring (bicyclic) bond motifs is 1. The summed E-state index contributed by atoms with van der Waals surface area (Å²) >= 11 is 0. The van der Waals surface area contributed by atoms with Crippen molar-refractivity contribution in [1.82, 2.24) is 15.0 Å². The topological polar surface area (TPSA) is 68.5 Å². The maximum Gasteiger partial charge on any atom is 0.264 e. The Morgan fingerprint density at radius 3 is 3.08 bits per heavy atom. The number of benzene rings is 1. The fraction of sp³-hybridized carbons (Fsp3) is 0.500. The van der Waals surface area contributed by atoms with Gasteiger partial charge in [-0.05, 0) is 18.9 Å². The Morgan fingerprint density at radius 2 is 2.32 bits per heavy atom. The molecule has 1 aromatic heterocycles. The van der Waals surface area contributed by atoms with Crippen molar-refractivity contribution in [3.05, 3.63) is 41.3 Å². The van der Waals surface area contributed by atoms with Crippen LogP contribution in [0, 0.1) is 5.82 Å². The third-order valence-electron chi connectivity index (χ3n) is 4.87.